The fourth-order valence-electron chi connectivity index (χ4n) is 3.30. The molecule has 0 saturated carbocycles. The average molecular weight is 459 g/mol. The lowest BCUT2D eigenvalue weighted by atomic mass is 10.1. The molecular weight excluding hydrogens is 432 g/mol. The molecule has 3 rings (SSSR count). The largest absolute Gasteiger partial charge is 0.465 e. The molecule has 1 N–H and O–H groups in total. The second-order valence-electron chi connectivity index (χ2n) is 6.94. The number of aromatic nitrogens is 3. The molecule has 0 aliphatic carbocycles. The van der Waals surface area contributed by atoms with E-state index in [2.05, 4.69) is 15.5 Å². The molecule has 7 nitrogen and oxygen atoms in total. The first kappa shape index (κ1) is 23.0. The molecule has 0 radical (unpaired) electrons. The van der Waals surface area contributed by atoms with Crippen LogP contribution in [0.3, 0.4) is 0 Å². The molecule has 3 aromatic rings. The third-order valence-corrected chi connectivity index (χ3v) is 6.91. The van der Waals surface area contributed by atoms with Crippen molar-refractivity contribution in [2.24, 2.45) is 0 Å². The SMILES string of the molecule is CCc1c(C)sc(NC(=O)CSc2nnc(-c3ccc(C)cc3)n2CC)c1C(=O)OC. The number of hydrogen-bond acceptors (Lipinski definition) is 7. The fraction of sp³-hybridized carbons (Fsp3) is 0.364. The predicted molar refractivity (Wildman–Crippen MR) is 125 cm³/mol. The van der Waals surface area contributed by atoms with Gasteiger partial charge in [-0.3, -0.25) is 4.79 Å². The van der Waals surface area contributed by atoms with Crippen molar-refractivity contribution in [1.82, 2.24) is 14.8 Å². The lowest BCUT2D eigenvalue weighted by molar-refractivity contribution is -0.113. The highest BCUT2D eigenvalue weighted by Crippen LogP contribution is 2.34. The molecule has 0 saturated heterocycles. The Morgan fingerprint density at radius 1 is 1.16 bits per heavy atom. The van der Waals surface area contributed by atoms with E-state index >= 15 is 0 Å². The van der Waals surface area contributed by atoms with Crippen LogP contribution in [0.2, 0.25) is 0 Å². The van der Waals surface area contributed by atoms with Gasteiger partial charge >= 0.3 is 5.97 Å². The maximum atomic E-state index is 12.6. The minimum atomic E-state index is -0.433. The Hall–Kier alpha value is -2.65. The van der Waals surface area contributed by atoms with E-state index in [1.165, 1.54) is 35.8 Å². The van der Waals surface area contributed by atoms with Gasteiger partial charge in [-0.25, -0.2) is 4.79 Å². The Morgan fingerprint density at radius 2 is 1.87 bits per heavy atom. The first-order chi connectivity index (χ1) is 14.9. The molecule has 9 heteroatoms. The van der Waals surface area contributed by atoms with E-state index in [0.717, 1.165) is 21.8 Å². The van der Waals surface area contributed by atoms with Crippen molar-refractivity contribution in [3.8, 4) is 11.4 Å². The van der Waals surface area contributed by atoms with E-state index in [1.54, 1.807) is 0 Å². The third kappa shape index (κ3) is 4.99. The lowest BCUT2D eigenvalue weighted by Gasteiger charge is -2.08. The predicted octanol–water partition coefficient (Wildman–Crippen LogP) is 4.72. The number of anilines is 1. The van der Waals surface area contributed by atoms with Crippen molar-refractivity contribution < 1.29 is 14.3 Å². The number of hydrogen-bond donors (Lipinski definition) is 1. The van der Waals surface area contributed by atoms with Crippen LogP contribution in [-0.4, -0.2) is 39.5 Å². The van der Waals surface area contributed by atoms with E-state index in [0.29, 0.717) is 28.7 Å². The van der Waals surface area contributed by atoms with Crippen molar-refractivity contribution in [2.75, 3.05) is 18.2 Å². The van der Waals surface area contributed by atoms with Gasteiger partial charge in [0.15, 0.2) is 11.0 Å². The zero-order valence-electron chi connectivity index (χ0n) is 18.3. The molecule has 0 aliphatic heterocycles. The summed E-state index contributed by atoms with van der Waals surface area (Å²) in [4.78, 5) is 25.9. The van der Waals surface area contributed by atoms with Gasteiger partial charge in [-0.2, -0.15) is 0 Å². The van der Waals surface area contributed by atoms with Gasteiger partial charge in [-0.15, -0.1) is 21.5 Å². The number of ether oxygens (including phenoxy) is 1. The molecule has 164 valence electrons. The van der Waals surface area contributed by atoms with E-state index in [9.17, 15) is 9.59 Å². The van der Waals surface area contributed by atoms with E-state index in [-0.39, 0.29) is 11.7 Å². The number of carbonyl (C=O) groups excluding carboxylic acids is 2. The summed E-state index contributed by atoms with van der Waals surface area (Å²) in [6, 6.07) is 8.12. The summed E-state index contributed by atoms with van der Waals surface area (Å²) in [5.74, 6) is 0.296. The Bertz CT molecular complexity index is 1090. The summed E-state index contributed by atoms with van der Waals surface area (Å²) in [5, 5.41) is 12.7. The molecule has 31 heavy (non-hydrogen) atoms. The van der Waals surface area contributed by atoms with Crippen LogP contribution in [0, 0.1) is 13.8 Å². The van der Waals surface area contributed by atoms with Crippen LogP contribution in [0.1, 0.15) is 40.2 Å². The smallest absolute Gasteiger partial charge is 0.341 e. The number of carbonyl (C=O) groups is 2. The Kier molecular flexibility index (Phi) is 7.50. The molecule has 0 bridgehead atoms. The van der Waals surface area contributed by atoms with Crippen LogP contribution in [0.5, 0.6) is 0 Å². The summed E-state index contributed by atoms with van der Waals surface area (Å²) in [5.41, 5.74) is 3.52. The topological polar surface area (TPSA) is 86.1 Å². The first-order valence-corrected chi connectivity index (χ1v) is 11.8. The Labute approximate surface area is 190 Å². The first-order valence-electron chi connectivity index (χ1n) is 10.0. The fourth-order valence-corrected chi connectivity index (χ4v) is 5.25. The average Bonchev–Trinajstić information content (AvgIpc) is 3.31. The van der Waals surface area contributed by atoms with Crippen LogP contribution in [0.25, 0.3) is 11.4 Å². The van der Waals surface area contributed by atoms with Gasteiger partial charge in [0.2, 0.25) is 5.91 Å². The zero-order chi connectivity index (χ0) is 22.5. The maximum absolute atomic E-state index is 12.6. The minimum Gasteiger partial charge on any atom is -0.465 e. The molecular formula is C22H26N4O3S2. The highest BCUT2D eigenvalue weighted by Gasteiger charge is 2.23. The quantitative estimate of drug-likeness (QED) is 0.388. The Balaban J connectivity index is 1.74. The normalized spacial score (nSPS) is 10.9. The number of rotatable bonds is 8. The van der Waals surface area contributed by atoms with E-state index < -0.39 is 5.97 Å². The number of aryl methyl sites for hydroxylation is 2. The van der Waals surface area contributed by atoms with Gasteiger partial charge < -0.3 is 14.6 Å². The van der Waals surface area contributed by atoms with Crippen LogP contribution in [-0.2, 0) is 22.5 Å². The highest BCUT2D eigenvalue weighted by atomic mass is 32.2. The van der Waals surface area contributed by atoms with Gasteiger partial charge in [-0.1, -0.05) is 48.5 Å². The van der Waals surface area contributed by atoms with Crippen molar-refractivity contribution in [2.45, 2.75) is 45.8 Å². The van der Waals surface area contributed by atoms with E-state index in [4.69, 9.17) is 4.74 Å². The van der Waals surface area contributed by atoms with Gasteiger partial charge in [0.05, 0.1) is 18.4 Å². The molecule has 0 spiro atoms. The molecule has 0 unspecified atom stereocenters. The molecule has 2 aromatic heterocycles. The van der Waals surface area contributed by atoms with Crippen LogP contribution in [0.15, 0.2) is 29.4 Å². The van der Waals surface area contributed by atoms with E-state index in [1.807, 2.05) is 56.5 Å². The third-order valence-electron chi connectivity index (χ3n) is 4.88. The molecule has 1 aromatic carbocycles. The van der Waals surface area contributed by atoms with Crippen molar-refractivity contribution >= 4 is 40.0 Å². The summed E-state index contributed by atoms with van der Waals surface area (Å²) in [6.45, 7) is 8.67. The van der Waals surface area contributed by atoms with Crippen molar-refractivity contribution in [3.63, 3.8) is 0 Å². The van der Waals surface area contributed by atoms with Crippen LogP contribution < -0.4 is 5.32 Å². The number of thiophene rings is 1. The minimum absolute atomic E-state index is 0.158. The molecule has 2 heterocycles. The number of nitrogens with one attached hydrogen (secondary N) is 1. The van der Waals surface area contributed by atoms with Crippen molar-refractivity contribution in [3.05, 3.63) is 45.8 Å². The molecule has 0 fully saturated rings. The summed E-state index contributed by atoms with van der Waals surface area (Å²) >= 11 is 2.71. The van der Waals surface area contributed by atoms with Gasteiger partial charge in [0.25, 0.3) is 0 Å². The molecule has 0 atom stereocenters. The second-order valence-corrected chi connectivity index (χ2v) is 9.11. The maximum Gasteiger partial charge on any atom is 0.341 e. The summed E-state index contributed by atoms with van der Waals surface area (Å²) in [6.07, 6.45) is 0.693. The van der Waals surface area contributed by atoms with Gasteiger partial charge in [0.1, 0.15) is 5.00 Å². The number of nitrogens with zero attached hydrogens (tertiary/aromatic N) is 3. The standard InChI is InChI=1S/C22H26N4O3S2/c1-6-16-14(4)31-20(18(16)21(28)29-5)23-17(27)12-30-22-25-24-19(26(22)7-2)15-10-8-13(3)9-11-15/h8-11H,6-7,12H2,1-5H3,(H,23,27). The molecule has 1 amide bonds. The summed E-state index contributed by atoms with van der Waals surface area (Å²) < 4.78 is 6.91. The van der Waals surface area contributed by atoms with Gasteiger partial charge in [-0.05, 0) is 32.8 Å². The van der Waals surface area contributed by atoms with Crippen LogP contribution in [0.4, 0.5) is 5.00 Å². The highest BCUT2D eigenvalue weighted by molar-refractivity contribution is 7.99. The number of benzene rings is 1. The van der Waals surface area contributed by atoms with Gasteiger partial charge in [0, 0.05) is 17.0 Å². The lowest BCUT2D eigenvalue weighted by Crippen LogP contribution is -2.16. The number of esters is 1. The number of methoxy groups -OCH3 is 1. The number of thioether (sulfide) groups is 1. The second kappa shape index (κ2) is 10.1. The Morgan fingerprint density at radius 3 is 2.48 bits per heavy atom. The van der Waals surface area contributed by atoms with Crippen LogP contribution >= 0.6 is 23.1 Å². The summed E-state index contributed by atoms with van der Waals surface area (Å²) in [7, 11) is 1.35. The molecule has 0 aliphatic rings. The van der Waals surface area contributed by atoms with Crippen molar-refractivity contribution in [1.29, 1.82) is 0 Å². The number of amides is 1. The zero-order valence-corrected chi connectivity index (χ0v) is 19.9. The monoisotopic (exact) mass is 458 g/mol.